The van der Waals surface area contributed by atoms with Gasteiger partial charge in [-0.25, -0.2) is 4.98 Å². The molecule has 0 radical (unpaired) electrons. The second-order valence-electron chi connectivity index (χ2n) is 4.37. The third-order valence-electron chi connectivity index (χ3n) is 2.46. The van der Waals surface area contributed by atoms with Crippen LogP contribution in [0.3, 0.4) is 0 Å². The maximum atomic E-state index is 11.8. The highest BCUT2D eigenvalue weighted by Gasteiger charge is 2.18. The molecule has 1 aromatic rings. The molecule has 0 aliphatic heterocycles. The second-order valence-corrected chi connectivity index (χ2v) is 5.26. The minimum absolute atomic E-state index is 0.0757. The van der Waals surface area contributed by atoms with Gasteiger partial charge in [0.1, 0.15) is 10.7 Å². The van der Waals surface area contributed by atoms with Gasteiger partial charge >= 0.3 is 0 Å². The standard InChI is InChI=1S/C11H19N3O2S/c1-6(2)8(4-15)13-10(16)9-5-17-11(14-9)7(3)12/h5-8,15H,4,12H2,1-3H3,(H,13,16). The number of hydrogen-bond donors (Lipinski definition) is 3. The average Bonchev–Trinajstić information content (AvgIpc) is 2.74. The molecule has 0 saturated heterocycles. The minimum Gasteiger partial charge on any atom is -0.394 e. The number of nitrogens with two attached hydrogens (primary N) is 1. The van der Waals surface area contributed by atoms with E-state index in [9.17, 15) is 4.79 Å². The molecule has 0 aromatic carbocycles. The molecule has 1 heterocycles. The molecule has 2 unspecified atom stereocenters. The summed E-state index contributed by atoms with van der Waals surface area (Å²) < 4.78 is 0. The molecule has 1 rings (SSSR count). The second kappa shape index (κ2) is 6.09. The van der Waals surface area contributed by atoms with Gasteiger partial charge in [0.05, 0.1) is 18.7 Å². The highest BCUT2D eigenvalue weighted by atomic mass is 32.1. The topological polar surface area (TPSA) is 88.2 Å². The molecule has 0 fully saturated rings. The Balaban J connectivity index is 2.69. The SMILES string of the molecule is CC(N)c1nc(C(=O)NC(CO)C(C)C)cs1. The Morgan fingerprint density at radius 2 is 2.24 bits per heavy atom. The molecule has 0 saturated carbocycles. The number of nitrogens with one attached hydrogen (secondary N) is 1. The largest absolute Gasteiger partial charge is 0.394 e. The van der Waals surface area contributed by atoms with Gasteiger partial charge in [-0.2, -0.15) is 0 Å². The number of rotatable bonds is 5. The van der Waals surface area contributed by atoms with Crippen LogP contribution in [0.25, 0.3) is 0 Å². The van der Waals surface area contributed by atoms with E-state index >= 15 is 0 Å². The number of thiazole rings is 1. The number of aromatic nitrogens is 1. The molecule has 0 spiro atoms. The van der Waals surface area contributed by atoms with E-state index in [0.717, 1.165) is 5.01 Å². The summed E-state index contributed by atoms with van der Waals surface area (Å²) in [5, 5.41) is 14.3. The van der Waals surface area contributed by atoms with E-state index in [2.05, 4.69) is 10.3 Å². The van der Waals surface area contributed by atoms with Crippen LogP contribution in [-0.4, -0.2) is 28.6 Å². The van der Waals surface area contributed by atoms with E-state index in [1.54, 1.807) is 5.38 Å². The van der Waals surface area contributed by atoms with Crippen LogP contribution >= 0.6 is 11.3 Å². The van der Waals surface area contributed by atoms with Crippen molar-refractivity contribution in [3.05, 3.63) is 16.1 Å². The molecule has 1 amide bonds. The Kier molecular flexibility index (Phi) is 5.04. The lowest BCUT2D eigenvalue weighted by Crippen LogP contribution is -2.41. The number of carbonyl (C=O) groups is 1. The first-order chi connectivity index (χ1) is 7.95. The van der Waals surface area contributed by atoms with Crippen LogP contribution in [0.2, 0.25) is 0 Å². The minimum atomic E-state index is -0.263. The Morgan fingerprint density at radius 1 is 1.59 bits per heavy atom. The number of hydrogen-bond acceptors (Lipinski definition) is 5. The van der Waals surface area contributed by atoms with Crippen molar-refractivity contribution in [2.75, 3.05) is 6.61 Å². The fourth-order valence-corrected chi connectivity index (χ4v) is 2.02. The van der Waals surface area contributed by atoms with Gasteiger partial charge in [-0.3, -0.25) is 4.79 Å². The maximum absolute atomic E-state index is 11.8. The van der Waals surface area contributed by atoms with Crippen molar-refractivity contribution in [2.24, 2.45) is 11.7 Å². The summed E-state index contributed by atoms with van der Waals surface area (Å²) >= 11 is 1.37. The molecular weight excluding hydrogens is 238 g/mol. The summed E-state index contributed by atoms with van der Waals surface area (Å²) in [6.07, 6.45) is 0. The van der Waals surface area contributed by atoms with Crippen molar-refractivity contribution >= 4 is 17.2 Å². The summed E-state index contributed by atoms with van der Waals surface area (Å²) in [7, 11) is 0. The van der Waals surface area contributed by atoms with Crippen molar-refractivity contribution in [1.29, 1.82) is 0 Å². The molecule has 1 aromatic heterocycles. The fraction of sp³-hybridized carbons (Fsp3) is 0.636. The number of carbonyl (C=O) groups excluding carboxylic acids is 1. The van der Waals surface area contributed by atoms with Crippen molar-refractivity contribution in [3.8, 4) is 0 Å². The van der Waals surface area contributed by atoms with Crippen LogP contribution in [0.15, 0.2) is 5.38 Å². The summed E-state index contributed by atoms with van der Waals surface area (Å²) in [5.74, 6) is -0.0867. The zero-order valence-corrected chi connectivity index (χ0v) is 11.1. The third-order valence-corrected chi connectivity index (χ3v) is 3.51. The van der Waals surface area contributed by atoms with Gasteiger partial charge in [0.15, 0.2) is 0 Å². The van der Waals surface area contributed by atoms with Gasteiger partial charge in [-0.15, -0.1) is 11.3 Å². The number of aliphatic hydroxyl groups excluding tert-OH is 1. The number of nitrogens with zero attached hydrogens (tertiary/aromatic N) is 1. The van der Waals surface area contributed by atoms with Crippen molar-refractivity contribution in [3.63, 3.8) is 0 Å². The average molecular weight is 257 g/mol. The molecule has 6 heteroatoms. The predicted molar refractivity (Wildman–Crippen MR) is 67.9 cm³/mol. The Labute approximate surface area is 105 Å². The summed E-state index contributed by atoms with van der Waals surface area (Å²) in [6, 6.07) is -0.414. The lowest BCUT2D eigenvalue weighted by atomic mass is 10.1. The van der Waals surface area contributed by atoms with Crippen LogP contribution < -0.4 is 11.1 Å². The van der Waals surface area contributed by atoms with Crippen molar-refractivity contribution < 1.29 is 9.90 Å². The van der Waals surface area contributed by atoms with E-state index in [0.29, 0.717) is 5.69 Å². The summed E-state index contributed by atoms with van der Waals surface area (Å²) in [5.41, 5.74) is 6.04. The highest BCUT2D eigenvalue weighted by molar-refractivity contribution is 7.09. The van der Waals surface area contributed by atoms with E-state index in [4.69, 9.17) is 10.8 Å². The van der Waals surface area contributed by atoms with Crippen LogP contribution in [0.5, 0.6) is 0 Å². The van der Waals surface area contributed by atoms with Crippen molar-refractivity contribution in [1.82, 2.24) is 10.3 Å². The van der Waals surface area contributed by atoms with E-state index < -0.39 is 0 Å². The van der Waals surface area contributed by atoms with Gasteiger partial charge < -0.3 is 16.2 Å². The van der Waals surface area contributed by atoms with Gasteiger partial charge in [-0.05, 0) is 12.8 Å². The Morgan fingerprint density at radius 3 is 2.65 bits per heavy atom. The molecule has 96 valence electrons. The zero-order valence-electron chi connectivity index (χ0n) is 10.3. The van der Waals surface area contributed by atoms with Crippen LogP contribution in [0.4, 0.5) is 0 Å². The quantitative estimate of drug-likeness (QED) is 0.731. The van der Waals surface area contributed by atoms with Crippen LogP contribution in [0, 0.1) is 5.92 Å². The highest BCUT2D eigenvalue weighted by Crippen LogP contribution is 2.16. The number of amides is 1. The lowest BCUT2D eigenvalue weighted by molar-refractivity contribution is 0.0892. The van der Waals surface area contributed by atoms with E-state index in [1.165, 1.54) is 11.3 Å². The molecule has 4 N–H and O–H groups in total. The first-order valence-electron chi connectivity index (χ1n) is 5.58. The third kappa shape index (κ3) is 3.76. The monoisotopic (exact) mass is 257 g/mol. The molecular formula is C11H19N3O2S. The Bertz CT molecular complexity index is 377. The molecule has 2 atom stereocenters. The molecule has 5 nitrogen and oxygen atoms in total. The summed E-state index contributed by atoms with van der Waals surface area (Å²) in [6.45, 7) is 5.63. The molecule has 17 heavy (non-hydrogen) atoms. The smallest absolute Gasteiger partial charge is 0.271 e. The first-order valence-corrected chi connectivity index (χ1v) is 6.46. The van der Waals surface area contributed by atoms with Crippen LogP contribution in [0.1, 0.15) is 42.3 Å². The Hall–Kier alpha value is -0.980. The van der Waals surface area contributed by atoms with Gasteiger partial charge in [0.25, 0.3) is 5.91 Å². The normalized spacial score (nSPS) is 14.7. The first kappa shape index (κ1) is 14.1. The van der Waals surface area contributed by atoms with E-state index in [1.807, 2.05) is 20.8 Å². The molecule has 0 aliphatic rings. The summed E-state index contributed by atoms with van der Waals surface area (Å²) in [4.78, 5) is 16.0. The van der Waals surface area contributed by atoms with E-state index in [-0.39, 0.29) is 30.5 Å². The molecule has 0 bridgehead atoms. The lowest BCUT2D eigenvalue weighted by Gasteiger charge is -2.19. The zero-order chi connectivity index (χ0) is 13.0. The predicted octanol–water partition coefficient (Wildman–Crippen LogP) is 0.909. The number of aliphatic hydroxyl groups is 1. The van der Waals surface area contributed by atoms with Crippen molar-refractivity contribution in [2.45, 2.75) is 32.9 Å². The maximum Gasteiger partial charge on any atom is 0.271 e. The van der Waals surface area contributed by atoms with Gasteiger partial charge in [0.2, 0.25) is 0 Å². The fourth-order valence-electron chi connectivity index (χ4n) is 1.27. The van der Waals surface area contributed by atoms with Gasteiger partial charge in [0, 0.05) is 5.38 Å². The molecule has 0 aliphatic carbocycles. The van der Waals surface area contributed by atoms with Crippen LogP contribution in [-0.2, 0) is 0 Å². The van der Waals surface area contributed by atoms with Gasteiger partial charge in [-0.1, -0.05) is 13.8 Å².